The minimum Gasteiger partial charge on any atom is -0.447 e. The summed E-state index contributed by atoms with van der Waals surface area (Å²) in [7, 11) is 0. The fraction of sp³-hybridized carbons (Fsp3) is 0.412. The molecule has 1 saturated heterocycles. The number of carbonyl (C=O) groups is 2. The molecule has 0 unspecified atom stereocenters. The van der Waals surface area contributed by atoms with Gasteiger partial charge in [0.05, 0.1) is 11.6 Å². The molecule has 0 spiro atoms. The summed E-state index contributed by atoms with van der Waals surface area (Å²) >= 11 is 0. The topological polar surface area (TPSA) is 60.8 Å². The summed E-state index contributed by atoms with van der Waals surface area (Å²) in [5.74, 6) is 0.591. The van der Waals surface area contributed by atoms with Gasteiger partial charge >= 0.3 is 12.2 Å². The van der Waals surface area contributed by atoms with Crippen molar-refractivity contribution >= 4 is 28.9 Å². The van der Waals surface area contributed by atoms with Gasteiger partial charge in [0, 0.05) is 17.4 Å². The van der Waals surface area contributed by atoms with E-state index in [0.29, 0.717) is 18.8 Å². The van der Waals surface area contributed by atoms with Crippen LogP contribution in [-0.2, 0) is 15.9 Å². The Labute approximate surface area is 133 Å². The lowest BCUT2D eigenvalue weighted by Crippen LogP contribution is -2.34. The standard InChI is InChI=1S/C17H18N2O4/c1-17(2,3)23-16(21)19-13-7-5-4-6-11(13)12-8-10-9-22-15(20)18(10)14(12)19/h4-7,10H,8-9H2,1-3H3/t10-/m0/s1. The number of anilines is 1. The maximum absolute atomic E-state index is 12.8. The molecule has 6 nitrogen and oxygen atoms in total. The van der Waals surface area contributed by atoms with Crippen LogP contribution < -0.4 is 4.90 Å². The number of hydrogen-bond acceptors (Lipinski definition) is 4. The van der Waals surface area contributed by atoms with Gasteiger partial charge in [0.15, 0.2) is 0 Å². The van der Waals surface area contributed by atoms with Gasteiger partial charge in [-0.05, 0) is 26.8 Å². The highest BCUT2D eigenvalue weighted by atomic mass is 16.6. The van der Waals surface area contributed by atoms with E-state index in [1.807, 2.05) is 45.0 Å². The van der Waals surface area contributed by atoms with Crippen LogP contribution in [-0.4, -0.2) is 35.0 Å². The maximum atomic E-state index is 12.8. The van der Waals surface area contributed by atoms with E-state index in [-0.39, 0.29) is 6.04 Å². The molecule has 3 heterocycles. The molecule has 4 rings (SSSR count). The number of para-hydroxylation sites is 1. The normalized spacial score (nSPS) is 19.7. The lowest BCUT2D eigenvalue weighted by atomic mass is 10.1. The predicted octanol–water partition coefficient (Wildman–Crippen LogP) is 3.31. The number of rotatable bonds is 0. The van der Waals surface area contributed by atoms with Crippen LogP contribution >= 0.6 is 0 Å². The van der Waals surface area contributed by atoms with Crippen molar-refractivity contribution < 1.29 is 19.1 Å². The molecule has 23 heavy (non-hydrogen) atoms. The fourth-order valence-electron chi connectivity index (χ4n) is 3.35. The largest absolute Gasteiger partial charge is 0.447 e. The quantitative estimate of drug-likeness (QED) is 0.748. The van der Waals surface area contributed by atoms with Crippen LogP contribution in [0.25, 0.3) is 10.9 Å². The molecular weight excluding hydrogens is 296 g/mol. The zero-order chi connectivity index (χ0) is 16.4. The number of aromatic nitrogens is 1. The van der Waals surface area contributed by atoms with E-state index >= 15 is 0 Å². The maximum Gasteiger partial charge on any atom is 0.420 e. The predicted molar refractivity (Wildman–Crippen MR) is 84.9 cm³/mol. The monoisotopic (exact) mass is 314 g/mol. The third-order valence-electron chi connectivity index (χ3n) is 4.16. The second-order valence-corrected chi connectivity index (χ2v) is 6.94. The number of ether oxygens (including phenoxy) is 2. The SMILES string of the molecule is CC(C)(C)OC(=O)n1c2c(c3ccccc31)C[C@H]1COC(=O)N21. The van der Waals surface area contributed by atoms with Crippen LogP contribution in [0.5, 0.6) is 0 Å². The first-order valence-electron chi connectivity index (χ1n) is 7.68. The Morgan fingerprint density at radius 2 is 2.04 bits per heavy atom. The van der Waals surface area contributed by atoms with Crippen molar-refractivity contribution in [1.29, 1.82) is 0 Å². The second kappa shape index (κ2) is 4.50. The highest BCUT2D eigenvalue weighted by molar-refractivity contribution is 6.05. The number of nitrogens with zero attached hydrogens (tertiary/aromatic N) is 2. The van der Waals surface area contributed by atoms with Gasteiger partial charge in [-0.3, -0.25) is 4.90 Å². The fourth-order valence-corrected chi connectivity index (χ4v) is 3.35. The van der Waals surface area contributed by atoms with Crippen molar-refractivity contribution in [3.63, 3.8) is 0 Å². The molecule has 0 bridgehead atoms. The first kappa shape index (κ1) is 14.1. The molecule has 0 radical (unpaired) electrons. The molecule has 1 atom stereocenters. The highest BCUT2D eigenvalue weighted by Crippen LogP contribution is 2.42. The first-order valence-corrected chi connectivity index (χ1v) is 7.68. The molecule has 0 aliphatic carbocycles. The number of fused-ring (bicyclic) bond motifs is 5. The first-order chi connectivity index (χ1) is 10.9. The average Bonchev–Trinajstić information content (AvgIpc) is 3.07. The molecule has 6 heteroatoms. The van der Waals surface area contributed by atoms with Crippen LogP contribution in [0.4, 0.5) is 15.4 Å². The molecule has 0 N–H and O–H groups in total. The summed E-state index contributed by atoms with van der Waals surface area (Å²) in [6, 6.07) is 7.61. The van der Waals surface area contributed by atoms with Gasteiger partial charge in [0.25, 0.3) is 0 Å². The molecule has 1 aromatic carbocycles. The van der Waals surface area contributed by atoms with Crippen molar-refractivity contribution in [2.75, 3.05) is 11.5 Å². The number of amides is 1. The third-order valence-corrected chi connectivity index (χ3v) is 4.16. The summed E-state index contributed by atoms with van der Waals surface area (Å²) in [5.41, 5.74) is 1.15. The minimum absolute atomic E-state index is 0.0363. The van der Waals surface area contributed by atoms with Crippen LogP contribution in [0.1, 0.15) is 26.3 Å². The molecule has 0 saturated carbocycles. The summed E-state index contributed by atoms with van der Waals surface area (Å²) in [6.45, 7) is 5.83. The zero-order valence-electron chi connectivity index (χ0n) is 13.3. The van der Waals surface area contributed by atoms with E-state index in [2.05, 4.69) is 0 Å². The summed E-state index contributed by atoms with van der Waals surface area (Å²) in [4.78, 5) is 26.4. The van der Waals surface area contributed by atoms with E-state index < -0.39 is 17.8 Å². The number of hydrogen-bond donors (Lipinski definition) is 0. The van der Waals surface area contributed by atoms with Crippen molar-refractivity contribution in [2.24, 2.45) is 0 Å². The lowest BCUT2D eigenvalue weighted by molar-refractivity contribution is 0.0547. The number of cyclic esters (lactones) is 1. The van der Waals surface area contributed by atoms with Gasteiger partial charge in [-0.2, -0.15) is 0 Å². The van der Waals surface area contributed by atoms with Crippen LogP contribution in [0.3, 0.4) is 0 Å². The number of benzene rings is 1. The van der Waals surface area contributed by atoms with Gasteiger partial charge < -0.3 is 9.47 Å². The Kier molecular flexibility index (Phi) is 2.76. The van der Waals surface area contributed by atoms with Gasteiger partial charge in [-0.1, -0.05) is 18.2 Å². The molecule has 1 amide bonds. The smallest absolute Gasteiger partial charge is 0.420 e. The van der Waals surface area contributed by atoms with Crippen LogP contribution in [0.2, 0.25) is 0 Å². The molecule has 1 fully saturated rings. The van der Waals surface area contributed by atoms with Crippen molar-refractivity contribution in [1.82, 2.24) is 4.57 Å². The highest BCUT2D eigenvalue weighted by Gasteiger charge is 2.45. The summed E-state index contributed by atoms with van der Waals surface area (Å²) in [5, 5.41) is 0.982. The van der Waals surface area contributed by atoms with E-state index in [9.17, 15) is 9.59 Å². The average molecular weight is 314 g/mol. The minimum atomic E-state index is -0.612. The third kappa shape index (κ3) is 2.01. The van der Waals surface area contributed by atoms with Gasteiger partial charge in [-0.25, -0.2) is 14.2 Å². The molecule has 2 aliphatic heterocycles. The summed E-state index contributed by atoms with van der Waals surface area (Å²) < 4.78 is 12.2. The summed E-state index contributed by atoms with van der Waals surface area (Å²) in [6.07, 6.45) is -0.186. The Bertz CT molecular complexity index is 831. The van der Waals surface area contributed by atoms with Gasteiger partial charge in [0.2, 0.25) is 0 Å². The Hall–Kier alpha value is -2.50. The zero-order valence-corrected chi connectivity index (χ0v) is 13.3. The van der Waals surface area contributed by atoms with E-state index in [0.717, 1.165) is 16.5 Å². The van der Waals surface area contributed by atoms with E-state index in [1.54, 1.807) is 4.90 Å². The molecule has 2 aromatic rings. The van der Waals surface area contributed by atoms with Gasteiger partial charge in [-0.15, -0.1) is 0 Å². The van der Waals surface area contributed by atoms with E-state index in [1.165, 1.54) is 4.57 Å². The molecule has 2 aliphatic rings. The van der Waals surface area contributed by atoms with Crippen molar-refractivity contribution in [2.45, 2.75) is 38.8 Å². The van der Waals surface area contributed by atoms with E-state index in [4.69, 9.17) is 9.47 Å². The molecule has 120 valence electrons. The Morgan fingerprint density at radius 3 is 2.78 bits per heavy atom. The molecule has 1 aromatic heterocycles. The van der Waals surface area contributed by atoms with Crippen LogP contribution in [0, 0.1) is 0 Å². The molecular formula is C17H18N2O4. The van der Waals surface area contributed by atoms with Gasteiger partial charge in [0.1, 0.15) is 18.0 Å². The Balaban J connectivity index is 1.93. The Morgan fingerprint density at radius 1 is 1.30 bits per heavy atom. The van der Waals surface area contributed by atoms with Crippen molar-refractivity contribution in [3.8, 4) is 0 Å². The van der Waals surface area contributed by atoms with Crippen LogP contribution in [0.15, 0.2) is 24.3 Å². The number of carbonyl (C=O) groups excluding carboxylic acids is 2. The lowest BCUT2D eigenvalue weighted by Gasteiger charge is -2.22. The second-order valence-electron chi connectivity index (χ2n) is 6.94. The van der Waals surface area contributed by atoms with Crippen molar-refractivity contribution in [3.05, 3.63) is 29.8 Å².